The van der Waals surface area contributed by atoms with Gasteiger partial charge in [0.2, 0.25) is 5.69 Å². The van der Waals surface area contributed by atoms with Crippen LogP contribution in [0.2, 0.25) is 0 Å². The Hall–Kier alpha value is -3.08. The van der Waals surface area contributed by atoms with E-state index in [4.69, 9.17) is 10.00 Å². The molecule has 1 aliphatic rings. The van der Waals surface area contributed by atoms with Gasteiger partial charge < -0.3 is 9.64 Å². The second-order valence-electron chi connectivity index (χ2n) is 5.14. The van der Waals surface area contributed by atoms with Crippen LogP contribution in [-0.2, 0) is 0 Å². The summed E-state index contributed by atoms with van der Waals surface area (Å²) in [4.78, 5) is 30.1. The first-order valence-corrected chi connectivity index (χ1v) is 7.13. The molecule has 8 nitrogen and oxygen atoms in total. The van der Waals surface area contributed by atoms with Crippen molar-refractivity contribution in [2.45, 2.75) is 19.4 Å². The van der Waals surface area contributed by atoms with Crippen LogP contribution in [0.15, 0.2) is 24.8 Å². The lowest BCUT2D eigenvalue weighted by Crippen LogP contribution is -2.31. The molecule has 8 heteroatoms. The smallest absolute Gasteiger partial charge is 0.274 e. The van der Waals surface area contributed by atoms with E-state index in [9.17, 15) is 4.79 Å². The molecule has 1 aliphatic heterocycles. The summed E-state index contributed by atoms with van der Waals surface area (Å²) >= 11 is 0. The van der Waals surface area contributed by atoms with Crippen LogP contribution in [0.5, 0.6) is 5.88 Å². The number of aryl methyl sites for hydroxylation is 1. The quantitative estimate of drug-likeness (QED) is 0.823. The van der Waals surface area contributed by atoms with Crippen LogP contribution in [-0.4, -0.2) is 49.9 Å². The number of amides is 1. The highest BCUT2D eigenvalue weighted by Crippen LogP contribution is 2.19. The maximum atomic E-state index is 12.4. The van der Waals surface area contributed by atoms with Gasteiger partial charge in [-0.3, -0.25) is 9.78 Å². The van der Waals surface area contributed by atoms with Crippen molar-refractivity contribution in [2.75, 3.05) is 13.1 Å². The van der Waals surface area contributed by atoms with Gasteiger partial charge in [0.15, 0.2) is 0 Å². The molecule has 0 spiro atoms. The Morgan fingerprint density at radius 1 is 1.30 bits per heavy atom. The Balaban J connectivity index is 1.65. The van der Waals surface area contributed by atoms with Gasteiger partial charge in [-0.2, -0.15) is 5.26 Å². The van der Waals surface area contributed by atoms with Crippen LogP contribution in [0.25, 0.3) is 0 Å². The summed E-state index contributed by atoms with van der Waals surface area (Å²) in [6, 6.07) is 1.94. The number of likely N-dealkylation sites (tertiary alicyclic amines) is 1. The standard InChI is InChI=1S/C15H14N6O2/c1-10-7-20-13(8-19-10)15(22)21-5-2-11(9-21)23-14-12(6-16)17-3-4-18-14/h3-4,7-8,11H,2,5,9H2,1H3/t11-/m1/s1. The third-order valence-corrected chi connectivity index (χ3v) is 3.48. The third kappa shape index (κ3) is 3.23. The summed E-state index contributed by atoms with van der Waals surface area (Å²) in [6.45, 7) is 2.78. The minimum Gasteiger partial charge on any atom is -0.470 e. The number of hydrogen-bond donors (Lipinski definition) is 0. The fraction of sp³-hybridized carbons (Fsp3) is 0.333. The van der Waals surface area contributed by atoms with E-state index in [-0.39, 0.29) is 23.6 Å². The summed E-state index contributed by atoms with van der Waals surface area (Å²) < 4.78 is 5.71. The van der Waals surface area contributed by atoms with Gasteiger partial charge >= 0.3 is 0 Å². The number of ether oxygens (including phenoxy) is 1. The van der Waals surface area contributed by atoms with Crippen molar-refractivity contribution in [3.05, 3.63) is 41.9 Å². The van der Waals surface area contributed by atoms with Gasteiger partial charge in [-0.1, -0.05) is 0 Å². The van der Waals surface area contributed by atoms with Crippen molar-refractivity contribution in [3.8, 4) is 11.9 Å². The number of nitriles is 1. The van der Waals surface area contributed by atoms with Crippen molar-refractivity contribution in [2.24, 2.45) is 0 Å². The first-order valence-electron chi connectivity index (χ1n) is 7.13. The number of hydrogen-bond acceptors (Lipinski definition) is 7. The van der Waals surface area contributed by atoms with Crippen LogP contribution in [0.4, 0.5) is 0 Å². The fourth-order valence-corrected chi connectivity index (χ4v) is 2.32. The van der Waals surface area contributed by atoms with Gasteiger partial charge in [0.1, 0.15) is 17.9 Å². The Morgan fingerprint density at radius 3 is 2.87 bits per heavy atom. The summed E-state index contributed by atoms with van der Waals surface area (Å²) in [7, 11) is 0. The summed E-state index contributed by atoms with van der Waals surface area (Å²) in [5, 5.41) is 8.99. The van der Waals surface area contributed by atoms with E-state index in [0.717, 1.165) is 5.69 Å². The molecule has 0 bridgehead atoms. The minimum absolute atomic E-state index is 0.140. The molecule has 1 amide bonds. The van der Waals surface area contributed by atoms with Gasteiger partial charge in [0, 0.05) is 31.6 Å². The molecule has 0 aromatic carbocycles. The monoisotopic (exact) mass is 310 g/mol. The summed E-state index contributed by atoms with van der Waals surface area (Å²) in [5.41, 5.74) is 1.21. The molecule has 0 N–H and O–H groups in total. The SMILES string of the molecule is Cc1cnc(C(=O)N2CC[C@@H](Oc3nccnc3C#N)C2)cn1. The molecule has 1 atom stereocenters. The lowest BCUT2D eigenvalue weighted by Gasteiger charge is -2.16. The molecule has 2 aromatic rings. The second-order valence-corrected chi connectivity index (χ2v) is 5.14. The number of rotatable bonds is 3. The zero-order valence-corrected chi connectivity index (χ0v) is 12.5. The Kier molecular flexibility index (Phi) is 4.10. The van der Waals surface area contributed by atoms with Crippen molar-refractivity contribution in [1.29, 1.82) is 5.26 Å². The topological polar surface area (TPSA) is 105 Å². The fourth-order valence-electron chi connectivity index (χ4n) is 2.32. The highest BCUT2D eigenvalue weighted by atomic mass is 16.5. The van der Waals surface area contributed by atoms with Crippen molar-refractivity contribution in [3.63, 3.8) is 0 Å². The molecule has 1 fully saturated rings. The Labute approximate surface area is 132 Å². The molecule has 3 rings (SSSR count). The maximum absolute atomic E-state index is 12.4. The van der Waals surface area contributed by atoms with Crippen LogP contribution in [0.3, 0.4) is 0 Å². The largest absolute Gasteiger partial charge is 0.470 e. The number of aromatic nitrogens is 4. The molecular formula is C15H14N6O2. The number of carbonyl (C=O) groups is 1. The number of nitrogens with zero attached hydrogens (tertiary/aromatic N) is 6. The molecule has 3 heterocycles. The zero-order valence-electron chi connectivity index (χ0n) is 12.5. The van der Waals surface area contributed by atoms with Gasteiger partial charge in [0.05, 0.1) is 18.4 Å². The molecule has 0 unspecified atom stereocenters. The second kappa shape index (κ2) is 6.36. The van der Waals surface area contributed by atoms with Crippen molar-refractivity contribution < 1.29 is 9.53 Å². The molecule has 23 heavy (non-hydrogen) atoms. The van der Waals surface area contributed by atoms with Gasteiger partial charge in [-0.25, -0.2) is 15.0 Å². The lowest BCUT2D eigenvalue weighted by molar-refractivity contribution is 0.0764. The van der Waals surface area contributed by atoms with Crippen molar-refractivity contribution in [1.82, 2.24) is 24.8 Å². The highest BCUT2D eigenvalue weighted by molar-refractivity contribution is 5.92. The Bertz CT molecular complexity index is 755. The van der Waals surface area contributed by atoms with E-state index in [1.54, 1.807) is 11.1 Å². The molecule has 0 radical (unpaired) electrons. The van der Waals surface area contributed by atoms with E-state index in [0.29, 0.717) is 25.2 Å². The average molecular weight is 310 g/mol. The predicted octanol–water partition coefficient (Wildman–Crippen LogP) is 0.740. The van der Waals surface area contributed by atoms with E-state index in [1.807, 2.05) is 13.0 Å². The van der Waals surface area contributed by atoms with Gasteiger partial charge in [-0.05, 0) is 6.92 Å². The Morgan fingerprint density at radius 2 is 2.13 bits per heavy atom. The zero-order chi connectivity index (χ0) is 16.2. The molecule has 0 aliphatic carbocycles. The predicted molar refractivity (Wildman–Crippen MR) is 78.5 cm³/mol. The molecular weight excluding hydrogens is 296 g/mol. The number of carbonyl (C=O) groups excluding carboxylic acids is 1. The first kappa shape index (κ1) is 14.8. The molecule has 1 saturated heterocycles. The van der Waals surface area contributed by atoms with Crippen LogP contribution >= 0.6 is 0 Å². The average Bonchev–Trinajstić information content (AvgIpc) is 3.04. The van der Waals surface area contributed by atoms with Crippen LogP contribution in [0, 0.1) is 18.3 Å². The molecule has 0 saturated carbocycles. The normalized spacial score (nSPS) is 16.9. The van der Waals surface area contributed by atoms with E-state index >= 15 is 0 Å². The van der Waals surface area contributed by atoms with Gasteiger partial charge in [0.25, 0.3) is 11.8 Å². The van der Waals surface area contributed by atoms with E-state index in [1.165, 1.54) is 18.6 Å². The first-order chi connectivity index (χ1) is 11.2. The summed E-state index contributed by atoms with van der Waals surface area (Å²) in [5.74, 6) is 0.0210. The van der Waals surface area contributed by atoms with E-state index < -0.39 is 0 Å². The van der Waals surface area contributed by atoms with Crippen LogP contribution in [0.1, 0.15) is 28.3 Å². The van der Waals surface area contributed by atoms with Crippen LogP contribution < -0.4 is 4.74 Å². The van der Waals surface area contributed by atoms with Gasteiger partial charge in [-0.15, -0.1) is 0 Å². The van der Waals surface area contributed by atoms with E-state index in [2.05, 4.69) is 19.9 Å². The summed E-state index contributed by atoms with van der Waals surface area (Å²) in [6.07, 6.45) is 6.38. The molecule has 116 valence electrons. The highest BCUT2D eigenvalue weighted by Gasteiger charge is 2.29. The lowest BCUT2D eigenvalue weighted by atomic mass is 10.3. The molecule has 2 aromatic heterocycles. The van der Waals surface area contributed by atoms with Crippen molar-refractivity contribution >= 4 is 5.91 Å². The maximum Gasteiger partial charge on any atom is 0.274 e. The minimum atomic E-state index is -0.221. The third-order valence-electron chi connectivity index (χ3n) is 3.48.